The Morgan fingerprint density at radius 3 is 1.86 bits per heavy atom. The van der Waals surface area contributed by atoms with Crippen LogP contribution in [0.15, 0.2) is 0 Å². The first-order valence-corrected chi connectivity index (χ1v) is 17.0. The summed E-state index contributed by atoms with van der Waals surface area (Å²) in [6.07, 6.45) is 0.725. The molecule has 0 aromatic carbocycles. The fourth-order valence-electron chi connectivity index (χ4n) is 5.17. The predicted octanol–water partition coefficient (Wildman–Crippen LogP) is 5.34. The van der Waals surface area contributed by atoms with Crippen molar-refractivity contribution in [2.45, 2.75) is 118 Å². The molecule has 1 saturated heterocycles. The summed E-state index contributed by atoms with van der Waals surface area (Å²) < 4.78 is 16.2. The van der Waals surface area contributed by atoms with Crippen LogP contribution in [0.5, 0.6) is 0 Å². The van der Waals surface area contributed by atoms with Crippen molar-refractivity contribution in [3.8, 4) is 0 Å². The van der Waals surface area contributed by atoms with Gasteiger partial charge in [-0.15, -0.1) is 0 Å². The molecule has 1 heterocycles. The monoisotopic (exact) mass is 540 g/mol. The molecule has 0 aromatic heterocycles. The van der Waals surface area contributed by atoms with Gasteiger partial charge in [0.1, 0.15) is 17.0 Å². The van der Waals surface area contributed by atoms with Gasteiger partial charge in [0.15, 0.2) is 0 Å². The zero-order valence-electron chi connectivity index (χ0n) is 24.7. The van der Waals surface area contributed by atoms with E-state index in [9.17, 15) is 24.0 Å². The fourth-order valence-corrected chi connectivity index (χ4v) is 7.43. The van der Waals surface area contributed by atoms with Crippen molar-refractivity contribution in [3.63, 3.8) is 0 Å². The zero-order chi connectivity index (χ0) is 28.9. The second-order valence-corrected chi connectivity index (χ2v) is 19.3. The van der Waals surface area contributed by atoms with Gasteiger partial charge in [-0.05, 0) is 66.7 Å². The number of carbonyl (C=O) groups excluding carboxylic acids is 5. The van der Waals surface area contributed by atoms with Crippen molar-refractivity contribution < 1.29 is 38.2 Å². The molecule has 0 bridgehead atoms. The van der Waals surface area contributed by atoms with Gasteiger partial charge in [-0.1, -0.05) is 39.5 Å². The summed E-state index contributed by atoms with van der Waals surface area (Å²) in [6, 6.07) is 1.01. The highest BCUT2D eigenvalue weighted by Gasteiger charge is 2.47. The molecular formula is C28H48O8Si. The van der Waals surface area contributed by atoms with Gasteiger partial charge >= 0.3 is 23.9 Å². The summed E-state index contributed by atoms with van der Waals surface area (Å²) in [5.74, 6) is -5.00. The van der Waals surface area contributed by atoms with E-state index in [1.807, 2.05) is 0 Å². The Hall–Kier alpha value is -2.03. The minimum atomic E-state index is -1.38. The molecular weight excluding hydrogens is 492 g/mol. The molecule has 1 aliphatic rings. The van der Waals surface area contributed by atoms with Crippen molar-refractivity contribution in [3.05, 3.63) is 0 Å². The molecule has 37 heavy (non-hydrogen) atoms. The summed E-state index contributed by atoms with van der Waals surface area (Å²) in [5.41, 5.74) is -1.74. The molecule has 1 rings (SSSR count). The van der Waals surface area contributed by atoms with Crippen LogP contribution in [0.2, 0.25) is 25.7 Å². The van der Waals surface area contributed by atoms with Crippen molar-refractivity contribution in [2.24, 2.45) is 29.6 Å². The molecule has 8 nitrogen and oxygen atoms in total. The highest BCUT2D eigenvalue weighted by atomic mass is 28.3. The highest BCUT2D eigenvalue weighted by molar-refractivity contribution is 6.76. The maximum Gasteiger partial charge on any atom is 0.317 e. The molecule has 0 N–H and O–H groups in total. The number of rotatable bonds is 13. The largest absolute Gasteiger partial charge is 0.460 e. The van der Waals surface area contributed by atoms with Crippen LogP contribution in [0, 0.1) is 29.6 Å². The third kappa shape index (κ3) is 11.9. The van der Waals surface area contributed by atoms with E-state index in [-0.39, 0.29) is 31.0 Å². The molecule has 0 aliphatic carbocycles. The smallest absolute Gasteiger partial charge is 0.317 e. The molecule has 1 aliphatic heterocycles. The summed E-state index contributed by atoms with van der Waals surface area (Å²) in [7, 11) is -1.38. The van der Waals surface area contributed by atoms with Crippen LogP contribution in [0.1, 0.15) is 81.1 Å². The number of cyclic esters (lactones) is 2. The lowest BCUT2D eigenvalue weighted by Gasteiger charge is -2.29. The molecule has 1 fully saturated rings. The Kier molecular flexibility index (Phi) is 11.3. The van der Waals surface area contributed by atoms with E-state index in [0.29, 0.717) is 6.42 Å². The molecule has 0 amide bonds. The Morgan fingerprint density at radius 2 is 1.41 bits per heavy atom. The summed E-state index contributed by atoms with van der Waals surface area (Å²) in [6.45, 7) is 20.5. The molecule has 0 spiro atoms. The topological polar surface area (TPSA) is 113 Å². The number of carbonyl (C=O) groups is 5. The SMILES string of the molecule is CC(=O)CC(C)(C)OC(=O)C(C)CC(CC1C(=O)OC(=O)C1CC(C)C[Si](C)(C)C)C(=O)OC(C)(C)C. The maximum atomic E-state index is 13.2. The molecule has 212 valence electrons. The fraction of sp³-hybridized carbons (Fsp3) is 0.821. The number of ketones is 1. The quantitative estimate of drug-likeness (QED) is 0.133. The molecule has 5 unspecified atom stereocenters. The second-order valence-electron chi connectivity index (χ2n) is 13.7. The summed E-state index contributed by atoms with van der Waals surface area (Å²) in [5, 5.41) is 0. The average Bonchev–Trinajstić information content (AvgIpc) is 2.89. The normalized spacial score (nSPS) is 21.2. The second kappa shape index (κ2) is 12.7. The predicted molar refractivity (Wildman–Crippen MR) is 143 cm³/mol. The van der Waals surface area contributed by atoms with Crippen molar-refractivity contribution in [2.75, 3.05) is 0 Å². The van der Waals surface area contributed by atoms with E-state index in [1.165, 1.54) is 6.92 Å². The number of esters is 4. The van der Waals surface area contributed by atoms with Crippen LogP contribution >= 0.6 is 0 Å². The lowest BCUT2D eigenvalue weighted by Crippen LogP contribution is -2.36. The van der Waals surface area contributed by atoms with Crippen LogP contribution in [0.3, 0.4) is 0 Å². The van der Waals surface area contributed by atoms with Crippen LogP contribution in [0.4, 0.5) is 0 Å². The average molecular weight is 541 g/mol. The minimum Gasteiger partial charge on any atom is -0.460 e. The standard InChI is InChI=1S/C28H48O8Si/c1-17(16-37(9,10)11)12-21-22(26(33)34-25(21)32)14-20(24(31)35-27(4,5)6)13-18(2)23(30)36-28(7,8)15-19(3)29/h17-18,20-22H,12-16H2,1-11H3. The van der Waals surface area contributed by atoms with Crippen molar-refractivity contribution in [1.82, 2.24) is 0 Å². The number of hydrogen-bond acceptors (Lipinski definition) is 8. The van der Waals surface area contributed by atoms with Gasteiger partial charge in [-0.25, -0.2) is 0 Å². The molecule has 0 radical (unpaired) electrons. The molecule has 0 aromatic rings. The Labute approximate surface area is 223 Å². The molecule has 5 atom stereocenters. The van der Waals surface area contributed by atoms with Gasteiger partial charge in [0.2, 0.25) is 0 Å². The third-order valence-corrected chi connectivity index (χ3v) is 8.20. The zero-order valence-corrected chi connectivity index (χ0v) is 25.7. The van der Waals surface area contributed by atoms with Crippen molar-refractivity contribution in [1.29, 1.82) is 0 Å². The molecule has 0 saturated carbocycles. The molecule has 9 heteroatoms. The van der Waals surface area contributed by atoms with Crippen LogP contribution in [0.25, 0.3) is 0 Å². The Bertz CT molecular complexity index is 864. The van der Waals surface area contributed by atoms with E-state index >= 15 is 0 Å². The third-order valence-electron chi connectivity index (χ3n) is 6.28. The van der Waals surface area contributed by atoms with E-state index < -0.39 is 66.8 Å². The van der Waals surface area contributed by atoms with E-state index in [2.05, 4.69) is 26.6 Å². The van der Waals surface area contributed by atoms with Gasteiger partial charge in [-0.3, -0.25) is 24.0 Å². The first kappa shape index (κ1) is 33.0. The van der Waals surface area contributed by atoms with Gasteiger partial charge in [0.05, 0.1) is 23.7 Å². The van der Waals surface area contributed by atoms with Gasteiger partial charge in [0.25, 0.3) is 0 Å². The van der Waals surface area contributed by atoms with Crippen LogP contribution in [-0.2, 0) is 38.2 Å². The number of hydrogen-bond donors (Lipinski definition) is 0. The Morgan fingerprint density at radius 1 is 0.892 bits per heavy atom. The number of Topliss-reactive ketones (excluding diaryl/α,β-unsaturated/α-hetero) is 1. The summed E-state index contributed by atoms with van der Waals surface area (Å²) >= 11 is 0. The van der Waals surface area contributed by atoms with Gasteiger partial charge < -0.3 is 14.2 Å². The van der Waals surface area contributed by atoms with Gasteiger partial charge in [0, 0.05) is 14.5 Å². The lowest BCUT2D eigenvalue weighted by atomic mass is 9.79. The van der Waals surface area contributed by atoms with Crippen molar-refractivity contribution >= 4 is 37.7 Å². The minimum absolute atomic E-state index is 0.0538. The van der Waals surface area contributed by atoms with Crippen LogP contribution < -0.4 is 0 Å². The van der Waals surface area contributed by atoms with Gasteiger partial charge in [-0.2, -0.15) is 0 Å². The lowest BCUT2D eigenvalue weighted by molar-refractivity contribution is -0.165. The van der Waals surface area contributed by atoms with E-state index in [0.717, 1.165) is 6.04 Å². The van der Waals surface area contributed by atoms with Crippen LogP contribution in [-0.4, -0.2) is 48.9 Å². The first-order chi connectivity index (χ1) is 16.6. The van der Waals surface area contributed by atoms with E-state index in [4.69, 9.17) is 14.2 Å². The summed E-state index contributed by atoms with van der Waals surface area (Å²) in [4.78, 5) is 62.9. The van der Waals surface area contributed by atoms with E-state index in [1.54, 1.807) is 41.5 Å². The number of ether oxygens (including phenoxy) is 3. The highest BCUT2D eigenvalue weighted by Crippen LogP contribution is 2.38. The first-order valence-electron chi connectivity index (χ1n) is 13.3. The maximum absolute atomic E-state index is 13.2. The Balaban J connectivity index is 3.12.